The number of alkyl halides is 2. The molecule has 0 saturated carbocycles. The highest BCUT2D eigenvalue weighted by Crippen LogP contribution is 2.41. The SMILES string of the molecule is CC(Cc1ccc(OC(F)(F)c2nn(C(C)C)c3c2CCCC3)cc1)[C@H]1CC[C@@H](c2ccccc2)N1C(=O)OC(C)(C)C. The molecule has 1 fully saturated rings. The number of amides is 1. The van der Waals surface area contributed by atoms with Gasteiger partial charge in [0, 0.05) is 23.3 Å². The Morgan fingerprint density at radius 2 is 1.65 bits per heavy atom. The van der Waals surface area contributed by atoms with Gasteiger partial charge in [0.2, 0.25) is 0 Å². The third-order valence-corrected chi connectivity index (χ3v) is 8.58. The third-order valence-electron chi connectivity index (χ3n) is 8.58. The minimum Gasteiger partial charge on any atom is -0.444 e. The van der Waals surface area contributed by atoms with Gasteiger partial charge in [0.1, 0.15) is 11.4 Å². The van der Waals surface area contributed by atoms with Crippen molar-refractivity contribution in [1.82, 2.24) is 14.7 Å². The van der Waals surface area contributed by atoms with Crippen molar-refractivity contribution in [3.63, 3.8) is 0 Å². The molecule has 6 nitrogen and oxygen atoms in total. The van der Waals surface area contributed by atoms with Gasteiger partial charge in [-0.25, -0.2) is 4.79 Å². The number of hydrogen-bond donors (Lipinski definition) is 0. The number of likely N-dealkylation sites (tertiary alicyclic amines) is 1. The molecule has 3 atom stereocenters. The zero-order chi connectivity index (χ0) is 30.9. The quantitative estimate of drug-likeness (QED) is 0.262. The Morgan fingerprint density at radius 1 is 0.977 bits per heavy atom. The molecule has 0 radical (unpaired) electrons. The molecule has 8 heteroatoms. The smallest absolute Gasteiger partial charge is 0.444 e. The second-order valence-electron chi connectivity index (χ2n) is 13.4. The molecular formula is C35H45F2N3O3. The largest absolute Gasteiger partial charge is 0.446 e. The molecule has 2 aliphatic rings. The number of carbonyl (C=O) groups excluding carboxylic acids is 1. The first-order chi connectivity index (χ1) is 20.3. The van der Waals surface area contributed by atoms with Gasteiger partial charge >= 0.3 is 12.2 Å². The summed E-state index contributed by atoms with van der Waals surface area (Å²) in [4.78, 5) is 15.4. The topological polar surface area (TPSA) is 56.6 Å². The Kier molecular flexibility index (Phi) is 8.87. The van der Waals surface area contributed by atoms with Crippen molar-refractivity contribution in [2.75, 3.05) is 0 Å². The molecule has 232 valence electrons. The summed E-state index contributed by atoms with van der Waals surface area (Å²) in [5, 5.41) is 4.33. The first-order valence-corrected chi connectivity index (χ1v) is 15.7. The molecule has 2 aromatic carbocycles. The summed E-state index contributed by atoms with van der Waals surface area (Å²) in [5.74, 6) is 0.228. The van der Waals surface area contributed by atoms with E-state index in [9.17, 15) is 4.79 Å². The van der Waals surface area contributed by atoms with Crippen molar-refractivity contribution in [3.05, 3.63) is 82.7 Å². The van der Waals surface area contributed by atoms with Crippen molar-refractivity contribution < 1.29 is 23.0 Å². The van der Waals surface area contributed by atoms with Crippen molar-refractivity contribution >= 4 is 6.09 Å². The Morgan fingerprint density at radius 3 is 2.30 bits per heavy atom. The lowest BCUT2D eigenvalue weighted by atomic mass is 9.92. The number of aromatic nitrogens is 2. The van der Waals surface area contributed by atoms with E-state index in [4.69, 9.17) is 9.47 Å². The summed E-state index contributed by atoms with van der Waals surface area (Å²) < 4.78 is 43.8. The van der Waals surface area contributed by atoms with Crippen LogP contribution in [0.1, 0.15) is 107 Å². The molecule has 1 saturated heterocycles. The zero-order valence-corrected chi connectivity index (χ0v) is 26.3. The van der Waals surface area contributed by atoms with Crippen LogP contribution in [-0.4, -0.2) is 32.4 Å². The molecule has 0 N–H and O–H groups in total. The van der Waals surface area contributed by atoms with Gasteiger partial charge in [0.25, 0.3) is 0 Å². The number of benzene rings is 2. The fraction of sp³-hybridized carbons (Fsp3) is 0.543. The molecular weight excluding hydrogens is 548 g/mol. The number of carbonyl (C=O) groups is 1. The van der Waals surface area contributed by atoms with Crippen molar-refractivity contribution in [1.29, 1.82) is 0 Å². The van der Waals surface area contributed by atoms with E-state index in [-0.39, 0.29) is 41.6 Å². The van der Waals surface area contributed by atoms with Crippen LogP contribution in [0.3, 0.4) is 0 Å². The Bertz CT molecular complexity index is 1400. The Hall–Kier alpha value is -3.42. The van der Waals surface area contributed by atoms with Gasteiger partial charge in [0.05, 0.1) is 6.04 Å². The van der Waals surface area contributed by atoms with Crippen LogP contribution < -0.4 is 4.74 Å². The molecule has 1 aliphatic heterocycles. The highest BCUT2D eigenvalue weighted by molar-refractivity contribution is 5.70. The zero-order valence-electron chi connectivity index (χ0n) is 26.3. The number of halogens is 2. The summed E-state index contributed by atoms with van der Waals surface area (Å²) in [6, 6.07) is 16.9. The van der Waals surface area contributed by atoms with Crippen molar-refractivity contribution in [3.8, 4) is 5.75 Å². The minimum absolute atomic E-state index is 0.00626. The molecule has 1 amide bonds. The van der Waals surface area contributed by atoms with Crippen LogP contribution in [0.25, 0.3) is 0 Å². The second kappa shape index (κ2) is 12.3. The maximum Gasteiger partial charge on any atom is 0.446 e. The lowest BCUT2D eigenvalue weighted by Crippen LogP contribution is -2.44. The van der Waals surface area contributed by atoms with Crippen LogP contribution >= 0.6 is 0 Å². The maximum absolute atomic E-state index is 15.5. The molecule has 3 aromatic rings. The fourth-order valence-corrected chi connectivity index (χ4v) is 6.66. The summed E-state index contributed by atoms with van der Waals surface area (Å²) in [5.41, 5.74) is 2.78. The molecule has 1 aromatic heterocycles. The van der Waals surface area contributed by atoms with Gasteiger partial charge in [-0.3, -0.25) is 9.58 Å². The van der Waals surface area contributed by atoms with E-state index < -0.39 is 11.7 Å². The molecule has 1 unspecified atom stereocenters. The molecule has 43 heavy (non-hydrogen) atoms. The van der Waals surface area contributed by atoms with Gasteiger partial charge in [-0.05, 0) is 109 Å². The average molecular weight is 594 g/mol. The van der Waals surface area contributed by atoms with E-state index >= 15 is 8.78 Å². The lowest BCUT2D eigenvalue weighted by molar-refractivity contribution is -0.189. The second-order valence-corrected chi connectivity index (χ2v) is 13.4. The predicted octanol–water partition coefficient (Wildman–Crippen LogP) is 8.79. The molecule has 1 aliphatic carbocycles. The van der Waals surface area contributed by atoms with Crippen LogP contribution in [0.5, 0.6) is 5.75 Å². The predicted molar refractivity (Wildman–Crippen MR) is 163 cm³/mol. The number of rotatable bonds is 8. The summed E-state index contributed by atoms with van der Waals surface area (Å²) in [7, 11) is 0. The first-order valence-electron chi connectivity index (χ1n) is 15.7. The number of ether oxygens (including phenoxy) is 2. The van der Waals surface area contributed by atoms with Gasteiger partial charge in [-0.15, -0.1) is 0 Å². The average Bonchev–Trinajstić information content (AvgIpc) is 3.57. The van der Waals surface area contributed by atoms with Crippen LogP contribution in [0.15, 0.2) is 54.6 Å². The van der Waals surface area contributed by atoms with Crippen LogP contribution in [-0.2, 0) is 30.1 Å². The number of nitrogens with zero attached hydrogens (tertiary/aromatic N) is 3. The van der Waals surface area contributed by atoms with E-state index in [1.54, 1.807) is 16.8 Å². The highest BCUT2D eigenvalue weighted by atomic mass is 19.3. The molecule has 2 heterocycles. The molecule has 5 rings (SSSR count). The fourth-order valence-electron chi connectivity index (χ4n) is 6.66. The lowest BCUT2D eigenvalue weighted by Gasteiger charge is -2.35. The monoisotopic (exact) mass is 593 g/mol. The summed E-state index contributed by atoms with van der Waals surface area (Å²) in [6.07, 6.45) is 1.81. The van der Waals surface area contributed by atoms with E-state index in [1.807, 2.05) is 69.9 Å². The summed E-state index contributed by atoms with van der Waals surface area (Å²) in [6.45, 7) is 11.7. The van der Waals surface area contributed by atoms with Gasteiger partial charge in [0.15, 0.2) is 5.69 Å². The Labute approximate surface area is 254 Å². The van der Waals surface area contributed by atoms with E-state index in [2.05, 4.69) is 24.2 Å². The van der Waals surface area contributed by atoms with E-state index in [0.29, 0.717) is 18.4 Å². The van der Waals surface area contributed by atoms with E-state index in [0.717, 1.165) is 48.9 Å². The highest BCUT2D eigenvalue weighted by Gasteiger charge is 2.44. The van der Waals surface area contributed by atoms with Crippen molar-refractivity contribution in [2.45, 2.75) is 116 Å². The van der Waals surface area contributed by atoms with Crippen molar-refractivity contribution in [2.24, 2.45) is 5.92 Å². The van der Waals surface area contributed by atoms with Gasteiger partial charge in [-0.1, -0.05) is 49.4 Å². The summed E-state index contributed by atoms with van der Waals surface area (Å²) >= 11 is 0. The minimum atomic E-state index is -3.53. The molecule has 0 bridgehead atoms. The third kappa shape index (κ3) is 6.89. The number of fused-ring (bicyclic) bond motifs is 1. The first kappa shape index (κ1) is 31.0. The van der Waals surface area contributed by atoms with Gasteiger partial charge in [-0.2, -0.15) is 13.9 Å². The van der Waals surface area contributed by atoms with Crippen LogP contribution in [0.4, 0.5) is 13.6 Å². The normalized spacial score (nSPS) is 19.8. The standard InChI is InChI=1S/C35H45F2N3O3/c1-23(2)40-31-15-11-10-14-28(31)32(38-40)35(36,37)42-27-18-16-25(17-19-27)22-24(3)29-20-21-30(26-12-8-7-9-13-26)39(29)33(41)43-34(4,5)6/h7-9,12-13,16-19,23-24,29-30H,10-11,14-15,20-22H2,1-6H3/t24?,29-,30+/m1/s1. The Balaban J connectivity index is 1.30. The van der Waals surface area contributed by atoms with E-state index in [1.165, 1.54) is 0 Å². The molecule has 0 spiro atoms. The maximum atomic E-state index is 15.5. The van der Waals surface area contributed by atoms with Crippen LogP contribution in [0, 0.1) is 5.92 Å². The van der Waals surface area contributed by atoms with Crippen LogP contribution in [0.2, 0.25) is 0 Å². The van der Waals surface area contributed by atoms with Gasteiger partial charge < -0.3 is 9.47 Å². The number of hydrogen-bond acceptors (Lipinski definition) is 4.